The molecule has 1 rings (SSSR count). The second kappa shape index (κ2) is 6.76. The second-order valence-corrected chi connectivity index (χ2v) is 7.11. The van der Waals surface area contributed by atoms with Crippen LogP contribution in [0, 0.1) is 0 Å². The summed E-state index contributed by atoms with van der Waals surface area (Å²) >= 11 is 0. The molecule has 1 aliphatic rings. The highest BCUT2D eigenvalue weighted by Crippen LogP contribution is 2.25. The van der Waals surface area contributed by atoms with E-state index in [1.165, 1.54) is 0 Å². The Hall–Kier alpha value is -0.810. The third-order valence-electron chi connectivity index (χ3n) is 3.30. The van der Waals surface area contributed by atoms with Gasteiger partial charge in [-0.15, -0.1) is 0 Å². The van der Waals surface area contributed by atoms with Gasteiger partial charge in [-0.3, -0.25) is 0 Å². The van der Waals surface area contributed by atoms with Crippen molar-refractivity contribution >= 4 is 6.09 Å². The van der Waals surface area contributed by atoms with Gasteiger partial charge in [0.2, 0.25) is 0 Å². The number of rotatable bonds is 4. The number of hydrogen-bond acceptors (Lipinski definition) is 4. The molecule has 1 atom stereocenters. The smallest absolute Gasteiger partial charge is 0.410 e. The molecule has 5 heteroatoms. The average molecular weight is 286 g/mol. The maximum absolute atomic E-state index is 12.1. The number of carbonyl (C=O) groups is 1. The number of hydrogen-bond donors (Lipinski definition) is 0. The molecule has 0 radical (unpaired) electrons. The highest BCUT2D eigenvalue weighted by molar-refractivity contribution is 5.68. The van der Waals surface area contributed by atoms with Gasteiger partial charge >= 0.3 is 6.09 Å². The van der Waals surface area contributed by atoms with Crippen LogP contribution in [0.2, 0.25) is 0 Å². The normalized spacial score (nSPS) is 24.1. The van der Waals surface area contributed by atoms with Gasteiger partial charge in [-0.2, -0.15) is 0 Å². The molecule has 1 heterocycles. The first-order valence-electron chi connectivity index (χ1n) is 7.38. The zero-order chi connectivity index (χ0) is 15.4. The van der Waals surface area contributed by atoms with Crippen LogP contribution in [0.1, 0.15) is 40.5 Å². The molecule has 0 N–H and O–H groups in total. The molecule has 1 aliphatic heterocycles. The molecular weight excluding hydrogens is 256 g/mol. The highest BCUT2D eigenvalue weighted by Gasteiger charge is 2.35. The highest BCUT2D eigenvalue weighted by atomic mass is 16.6. The summed E-state index contributed by atoms with van der Waals surface area (Å²) in [6, 6.07) is 0. The van der Waals surface area contributed by atoms with E-state index in [9.17, 15) is 4.79 Å². The quantitative estimate of drug-likeness (QED) is 0.795. The van der Waals surface area contributed by atoms with E-state index in [2.05, 4.69) is 11.8 Å². The molecule has 0 aliphatic carbocycles. The van der Waals surface area contributed by atoms with E-state index >= 15 is 0 Å². The number of piperidine rings is 1. The molecule has 5 nitrogen and oxygen atoms in total. The largest absolute Gasteiger partial charge is 0.444 e. The van der Waals surface area contributed by atoms with Crippen molar-refractivity contribution in [2.75, 3.05) is 40.3 Å². The van der Waals surface area contributed by atoms with Crippen molar-refractivity contribution < 1.29 is 14.3 Å². The van der Waals surface area contributed by atoms with Crippen LogP contribution in [-0.2, 0) is 9.47 Å². The van der Waals surface area contributed by atoms with E-state index < -0.39 is 5.60 Å². The Morgan fingerprint density at radius 1 is 1.35 bits per heavy atom. The van der Waals surface area contributed by atoms with Crippen molar-refractivity contribution in [2.24, 2.45) is 0 Å². The molecule has 0 aromatic carbocycles. The lowest BCUT2D eigenvalue weighted by molar-refractivity contribution is -0.0821. The van der Waals surface area contributed by atoms with Gasteiger partial charge in [-0.1, -0.05) is 0 Å². The van der Waals surface area contributed by atoms with Crippen LogP contribution in [0.15, 0.2) is 0 Å². The van der Waals surface area contributed by atoms with E-state index in [1.807, 2.05) is 34.9 Å². The zero-order valence-electron chi connectivity index (χ0n) is 13.9. The van der Waals surface area contributed by atoms with E-state index in [1.54, 1.807) is 4.90 Å². The number of amides is 1. The van der Waals surface area contributed by atoms with Crippen LogP contribution in [-0.4, -0.2) is 67.4 Å². The van der Waals surface area contributed by atoms with Gasteiger partial charge in [-0.05, 0) is 54.6 Å². The lowest BCUT2D eigenvalue weighted by atomic mass is 9.95. The van der Waals surface area contributed by atoms with Gasteiger partial charge < -0.3 is 19.3 Å². The third kappa shape index (κ3) is 6.09. The molecule has 1 unspecified atom stereocenters. The minimum Gasteiger partial charge on any atom is -0.444 e. The van der Waals surface area contributed by atoms with Crippen LogP contribution in [0.4, 0.5) is 4.79 Å². The van der Waals surface area contributed by atoms with Crippen molar-refractivity contribution in [3.05, 3.63) is 0 Å². The fourth-order valence-corrected chi connectivity index (χ4v) is 2.28. The van der Waals surface area contributed by atoms with Gasteiger partial charge in [0.15, 0.2) is 0 Å². The van der Waals surface area contributed by atoms with Gasteiger partial charge in [0, 0.05) is 13.1 Å². The van der Waals surface area contributed by atoms with Gasteiger partial charge in [0.1, 0.15) is 5.60 Å². The summed E-state index contributed by atoms with van der Waals surface area (Å²) in [7, 11) is 4.05. The van der Waals surface area contributed by atoms with E-state index in [0.717, 1.165) is 25.9 Å². The Morgan fingerprint density at radius 2 is 2.00 bits per heavy atom. The lowest BCUT2D eigenvalue weighted by Crippen LogP contribution is -2.51. The first kappa shape index (κ1) is 17.2. The Labute approximate surface area is 123 Å². The number of ether oxygens (including phenoxy) is 2. The molecule has 0 saturated carbocycles. The monoisotopic (exact) mass is 286 g/mol. The van der Waals surface area contributed by atoms with E-state index in [0.29, 0.717) is 13.2 Å². The van der Waals surface area contributed by atoms with Crippen LogP contribution >= 0.6 is 0 Å². The molecule has 1 amide bonds. The molecule has 118 valence electrons. The second-order valence-electron chi connectivity index (χ2n) is 7.11. The number of likely N-dealkylation sites (N-methyl/N-ethyl adjacent to an activating group) is 1. The van der Waals surface area contributed by atoms with E-state index in [-0.39, 0.29) is 11.7 Å². The number of nitrogens with zero attached hydrogens (tertiary/aromatic N) is 2. The van der Waals surface area contributed by atoms with Crippen molar-refractivity contribution in [1.82, 2.24) is 9.80 Å². The summed E-state index contributed by atoms with van der Waals surface area (Å²) in [5.41, 5.74) is -0.706. The minimum absolute atomic E-state index is 0.236. The Bertz CT molecular complexity index is 326. The predicted octanol–water partition coefficient (Wildman–Crippen LogP) is 2.35. The minimum atomic E-state index is -0.448. The number of carbonyl (C=O) groups excluding carboxylic acids is 1. The number of likely N-dealkylation sites (tertiary alicyclic amines) is 1. The maximum Gasteiger partial charge on any atom is 0.410 e. The Balaban J connectivity index is 2.50. The molecule has 1 fully saturated rings. The lowest BCUT2D eigenvalue weighted by Gasteiger charge is -2.40. The third-order valence-corrected chi connectivity index (χ3v) is 3.30. The summed E-state index contributed by atoms with van der Waals surface area (Å²) in [5.74, 6) is 0. The average Bonchev–Trinajstić information content (AvgIpc) is 2.25. The molecule has 20 heavy (non-hydrogen) atoms. The summed E-state index contributed by atoms with van der Waals surface area (Å²) in [6.45, 7) is 10.7. The predicted molar refractivity (Wildman–Crippen MR) is 80.0 cm³/mol. The standard InChI is InChI=1S/C15H30N2O3/c1-14(2,3)20-13(18)17-9-7-8-15(4,12-17)19-11-10-16(5)6/h7-12H2,1-6H3. The Morgan fingerprint density at radius 3 is 2.55 bits per heavy atom. The molecule has 0 aromatic rings. The summed E-state index contributed by atoms with van der Waals surface area (Å²) in [4.78, 5) is 16.0. The molecule has 0 bridgehead atoms. The van der Waals surface area contributed by atoms with Crippen molar-refractivity contribution in [3.8, 4) is 0 Å². The van der Waals surface area contributed by atoms with Crippen LogP contribution in [0.25, 0.3) is 0 Å². The van der Waals surface area contributed by atoms with Gasteiger partial charge in [0.25, 0.3) is 0 Å². The molecule has 0 spiro atoms. The maximum atomic E-state index is 12.1. The SMILES string of the molecule is CN(C)CCOC1(C)CCCN(C(=O)OC(C)(C)C)C1. The Kier molecular flexibility index (Phi) is 5.83. The topological polar surface area (TPSA) is 42.0 Å². The van der Waals surface area contributed by atoms with Crippen LogP contribution in [0.3, 0.4) is 0 Å². The first-order chi connectivity index (χ1) is 9.11. The summed E-state index contributed by atoms with van der Waals surface area (Å²) in [6.07, 6.45) is 1.71. The van der Waals surface area contributed by atoms with Gasteiger partial charge in [-0.25, -0.2) is 4.79 Å². The van der Waals surface area contributed by atoms with Crippen molar-refractivity contribution in [1.29, 1.82) is 0 Å². The van der Waals surface area contributed by atoms with Crippen molar-refractivity contribution in [2.45, 2.75) is 51.7 Å². The van der Waals surface area contributed by atoms with E-state index in [4.69, 9.17) is 9.47 Å². The molecular formula is C15H30N2O3. The fraction of sp³-hybridized carbons (Fsp3) is 0.933. The molecule has 0 aromatic heterocycles. The van der Waals surface area contributed by atoms with Gasteiger partial charge in [0.05, 0.1) is 18.8 Å². The molecule has 1 saturated heterocycles. The van der Waals surface area contributed by atoms with Crippen LogP contribution < -0.4 is 0 Å². The van der Waals surface area contributed by atoms with Crippen LogP contribution in [0.5, 0.6) is 0 Å². The van der Waals surface area contributed by atoms with Crippen molar-refractivity contribution in [3.63, 3.8) is 0 Å². The first-order valence-corrected chi connectivity index (χ1v) is 7.38. The zero-order valence-corrected chi connectivity index (χ0v) is 13.9. The summed E-state index contributed by atoms with van der Waals surface area (Å²) < 4.78 is 11.4. The fourth-order valence-electron chi connectivity index (χ4n) is 2.28. The summed E-state index contributed by atoms with van der Waals surface area (Å²) in [5, 5.41) is 0.